The third kappa shape index (κ3) is 3.36. The lowest BCUT2D eigenvalue weighted by atomic mass is 9.97. The van der Waals surface area contributed by atoms with Crippen LogP contribution in [-0.4, -0.2) is 65.8 Å². The van der Waals surface area contributed by atoms with Gasteiger partial charge in [0.15, 0.2) is 17.7 Å². The Labute approximate surface area is 144 Å². The van der Waals surface area contributed by atoms with Crippen LogP contribution in [0.4, 0.5) is 0 Å². The molecular weight excluding hydrogens is 338 g/mol. The van der Waals surface area contributed by atoms with E-state index in [1.807, 2.05) is 0 Å². The minimum absolute atomic E-state index is 0.00218. The second-order valence-electron chi connectivity index (χ2n) is 7.37. The van der Waals surface area contributed by atoms with Crippen molar-refractivity contribution in [2.24, 2.45) is 0 Å². The van der Waals surface area contributed by atoms with E-state index >= 15 is 0 Å². The molecular formula is C15H23NO9. The summed E-state index contributed by atoms with van der Waals surface area (Å²) in [6, 6.07) is -1.52. The summed E-state index contributed by atoms with van der Waals surface area (Å²) >= 11 is 0. The van der Waals surface area contributed by atoms with Crippen molar-refractivity contribution in [3.8, 4) is 0 Å². The molecule has 142 valence electrons. The van der Waals surface area contributed by atoms with Crippen LogP contribution >= 0.6 is 0 Å². The van der Waals surface area contributed by atoms with Gasteiger partial charge in [-0.05, 0) is 27.7 Å². The van der Waals surface area contributed by atoms with Crippen LogP contribution in [0.3, 0.4) is 0 Å². The number of nitro groups is 1. The lowest BCUT2D eigenvalue weighted by molar-refractivity contribution is -0.507. The predicted molar refractivity (Wildman–Crippen MR) is 80.0 cm³/mol. The maximum atomic E-state index is 12.2. The SMILES string of the molecule is CC(C(=O)O[C@H]1[C@@H]2OC(C)(C)O[C@@H]2CO[C@]12COC(C)(C)O2)[N+](=O)[O-]. The summed E-state index contributed by atoms with van der Waals surface area (Å²) in [6.07, 6.45) is -2.24. The van der Waals surface area contributed by atoms with Gasteiger partial charge in [0.2, 0.25) is 5.79 Å². The number of ether oxygens (including phenoxy) is 6. The molecule has 3 aliphatic rings. The van der Waals surface area contributed by atoms with Gasteiger partial charge in [0.1, 0.15) is 18.8 Å². The molecule has 3 fully saturated rings. The maximum absolute atomic E-state index is 12.2. The topological polar surface area (TPSA) is 116 Å². The van der Waals surface area contributed by atoms with E-state index in [0.29, 0.717) is 0 Å². The van der Waals surface area contributed by atoms with Crippen LogP contribution in [0.1, 0.15) is 34.6 Å². The number of esters is 1. The first-order valence-electron chi connectivity index (χ1n) is 8.12. The van der Waals surface area contributed by atoms with Crippen LogP contribution in [0.5, 0.6) is 0 Å². The van der Waals surface area contributed by atoms with Crippen molar-refractivity contribution < 1.29 is 38.1 Å². The summed E-state index contributed by atoms with van der Waals surface area (Å²) in [5.74, 6) is -4.26. The third-order valence-corrected chi connectivity index (χ3v) is 4.39. The Morgan fingerprint density at radius 2 is 1.88 bits per heavy atom. The van der Waals surface area contributed by atoms with Crippen molar-refractivity contribution in [2.45, 2.75) is 76.3 Å². The Morgan fingerprint density at radius 3 is 2.44 bits per heavy atom. The lowest BCUT2D eigenvalue weighted by Gasteiger charge is -2.43. The molecule has 25 heavy (non-hydrogen) atoms. The van der Waals surface area contributed by atoms with Gasteiger partial charge in [0.25, 0.3) is 0 Å². The zero-order valence-electron chi connectivity index (χ0n) is 14.8. The van der Waals surface area contributed by atoms with Gasteiger partial charge in [-0.2, -0.15) is 0 Å². The first-order valence-corrected chi connectivity index (χ1v) is 8.12. The zero-order valence-corrected chi connectivity index (χ0v) is 14.8. The highest BCUT2D eigenvalue weighted by Gasteiger charge is 2.64. The van der Waals surface area contributed by atoms with E-state index in [2.05, 4.69) is 0 Å². The fourth-order valence-electron chi connectivity index (χ4n) is 3.23. The van der Waals surface area contributed by atoms with Crippen LogP contribution < -0.4 is 0 Å². The summed E-state index contributed by atoms with van der Waals surface area (Å²) < 4.78 is 34.4. The number of hydrogen-bond donors (Lipinski definition) is 0. The standard InChI is InChI=1S/C15H23NO9/c1-8(16(18)19)12(17)22-11-10-9(23-14(4,5)24-10)6-20-15(11)7-21-13(2,3)25-15/h8-11H,6-7H2,1-5H3/t8?,9-,10-,11+,15+/m1/s1. The predicted octanol–water partition coefficient (Wildman–Crippen LogP) is 0.593. The van der Waals surface area contributed by atoms with E-state index in [9.17, 15) is 14.9 Å². The minimum atomic E-state index is -1.52. The molecule has 5 atom stereocenters. The average Bonchev–Trinajstić information content (AvgIpc) is 2.97. The van der Waals surface area contributed by atoms with E-state index in [1.165, 1.54) is 0 Å². The monoisotopic (exact) mass is 361 g/mol. The molecule has 10 heteroatoms. The lowest BCUT2D eigenvalue weighted by Crippen LogP contribution is -2.63. The van der Waals surface area contributed by atoms with Gasteiger partial charge in [-0.3, -0.25) is 10.1 Å². The molecule has 1 unspecified atom stereocenters. The van der Waals surface area contributed by atoms with Crippen LogP contribution in [0.2, 0.25) is 0 Å². The zero-order chi connectivity index (χ0) is 18.6. The van der Waals surface area contributed by atoms with Crippen LogP contribution in [0.15, 0.2) is 0 Å². The highest BCUT2D eigenvalue weighted by atomic mass is 16.9. The van der Waals surface area contributed by atoms with Crippen molar-refractivity contribution in [1.82, 2.24) is 0 Å². The number of carbonyl (C=O) groups is 1. The van der Waals surface area contributed by atoms with Gasteiger partial charge in [-0.1, -0.05) is 0 Å². The van der Waals surface area contributed by atoms with Gasteiger partial charge >= 0.3 is 12.0 Å². The Bertz CT molecular complexity index is 575. The second-order valence-corrected chi connectivity index (χ2v) is 7.37. The van der Waals surface area contributed by atoms with E-state index in [1.54, 1.807) is 27.7 Å². The number of fused-ring (bicyclic) bond motifs is 1. The average molecular weight is 361 g/mol. The highest BCUT2D eigenvalue weighted by molar-refractivity contribution is 5.74. The molecule has 3 aliphatic heterocycles. The van der Waals surface area contributed by atoms with Gasteiger partial charge in [0, 0.05) is 11.8 Å². The fraction of sp³-hybridized carbons (Fsp3) is 0.933. The van der Waals surface area contributed by atoms with E-state index < -0.39 is 52.6 Å². The molecule has 0 bridgehead atoms. The molecule has 1 spiro atoms. The summed E-state index contributed by atoms with van der Waals surface area (Å²) in [7, 11) is 0. The summed E-state index contributed by atoms with van der Waals surface area (Å²) in [4.78, 5) is 22.4. The molecule has 3 rings (SSSR count). The van der Waals surface area contributed by atoms with Gasteiger partial charge in [0.05, 0.1) is 6.61 Å². The van der Waals surface area contributed by atoms with Crippen LogP contribution in [-0.2, 0) is 33.2 Å². The van der Waals surface area contributed by atoms with Crippen molar-refractivity contribution in [3.05, 3.63) is 10.1 Å². The molecule has 0 aromatic carbocycles. The van der Waals surface area contributed by atoms with E-state index in [-0.39, 0.29) is 13.2 Å². The summed E-state index contributed by atoms with van der Waals surface area (Å²) in [5, 5.41) is 10.9. The molecule has 0 aromatic rings. The van der Waals surface area contributed by atoms with Gasteiger partial charge in [-0.25, -0.2) is 4.79 Å². The molecule has 3 heterocycles. The maximum Gasteiger partial charge on any atom is 0.381 e. The smallest absolute Gasteiger partial charge is 0.381 e. The van der Waals surface area contributed by atoms with Crippen molar-refractivity contribution >= 4 is 5.97 Å². The molecule has 0 radical (unpaired) electrons. The Hall–Kier alpha value is -1.33. The molecule has 0 aromatic heterocycles. The number of rotatable bonds is 3. The first kappa shape index (κ1) is 18.5. The first-order chi connectivity index (χ1) is 11.4. The van der Waals surface area contributed by atoms with Crippen molar-refractivity contribution in [3.63, 3.8) is 0 Å². The molecule has 0 amide bonds. The molecule has 0 N–H and O–H groups in total. The Morgan fingerprint density at radius 1 is 1.20 bits per heavy atom. The molecule has 0 aliphatic carbocycles. The summed E-state index contributed by atoms with van der Waals surface area (Å²) in [6.45, 7) is 8.17. The summed E-state index contributed by atoms with van der Waals surface area (Å²) in [5.41, 5.74) is 0. The van der Waals surface area contributed by atoms with Gasteiger partial charge < -0.3 is 28.4 Å². The van der Waals surface area contributed by atoms with E-state index in [0.717, 1.165) is 6.92 Å². The fourth-order valence-corrected chi connectivity index (χ4v) is 3.23. The van der Waals surface area contributed by atoms with Crippen LogP contribution in [0.25, 0.3) is 0 Å². The second kappa shape index (κ2) is 5.85. The number of hydrogen-bond acceptors (Lipinski definition) is 9. The molecule has 3 saturated heterocycles. The van der Waals surface area contributed by atoms with Crippen molar-refractivity contribution in [2.75, 3.05) is 13.2 Å². The van der Waals surface area contributed by atoms with E-state index in [4.69, 9.17) is 28.4 Å². The van der Waals surface area contributed by atoms with Crippen LogP contribution in [0, 0.1) is 10.1 Å². The molecule has 10 nitrogen and oxygen atoms in total. The normalized spacial score (nSPS) is 39.8. The largest absolute Gasteiger partial charge is 0.449 e. The highest BCUT2D eigenvalue weighted by Crippen LogP contribution is 2.45. The Balaban J connectivity index is 1.88. The van der Waals surface area contributed by atoms with Gasteiger partial charge in [-0.15, -0.1) is 0 Å². The quantitative estimate of drug-likeness (QED) is 0.404. The molecule has 0 saturated carbocycles. The Kier molecular flexibility index (Phi) is 4.32. The number of nitrogens with zero attached hydrogens (tertiary/aromatic N) is 1. The minimum Gasteiger partial charge on any atom is -0.449 e. The third-order valence-electron chi connectivity index (χ3n) is 4.39. The number of carbonyl (C=O) groups excluding carboxylic acids is 1. The van der Waals surface area contributed by atoms with Crippen molar-refractivity contribution in [1.29, 1.82) is 0 Å².